The maximum atomic E-state index is 11.7. The fourth-order valence-corrected chi connectivity index (χ4v) is 5.57. The number of carbonyl (C=O) groups is 2. The lowest BCUT2D eigenvalue weighted by Gasteiger charge is -2.40. The average Bonchev–Trinajstić information content (AvgIpc) is 3.97. The first-order valence-corrected chi connectivity index (χ1v) is 24.5. The Morgan fingerprint density at radius 2 is 1.18 bits per heavy atom. The lowest BCUT2D eigenvalue weighted by molar-refractivity contribution is -0.127. The number of furan rings is 2. The summed E-state index contributed by atoms with van der Waals surface area (Å²) in [5.74, 6) is 1.67. The maximum absolute atomic E-state index is 11.7. The fourth-order valence-electron chi connectivity index (χ4n) is 5.57. The molecule has 68 heavy (non-hydrogen) atoms. The Kier molecular flexibility index (Phi) is 25.9. The summed E-state index contributed by atoms with van der Waals surface area (Å²) >= 11 is 0. The van der Waals surface area contributed by atoms with Crippen LogP contribution >= 0.6 is 0 Å². The number of nitrogens with zero attached hydrogens (tertiary/aromatic N) is 2. The van der Waals surface area contributed by atoms with Crippen molar-refractivity contribution >= 4 is 12.0 Å². The van der Waals surface area contributed by atoms with Gasteiger partial charge in [-0.25, -0.2) is 4.79 Å². The van der Waals surface area contributed by atoms with E-state index in [4.69, 9.17) is 37.3 Å². The fraction of sp³-hybridized carbons (Fsp3) is 0.714. The molecule has 5 rings (SSSR count). The second kappa shape index (κ2) is 28.2. The molecule has 2 aliphatic heterocycles. The normalized spacial score (nSPS) is 14.9. The lowest BCUT2D eigenvalue weighted by atomic mass is 9.92. The van der Waals surface area contributed by atoms with E-state index in [1.807, 2.05) is 124 Å². The Balaban J connectivity index is 0.000000431. The van der Waals surface area contributed by atoms with Crippen LogP contribution in [0.15, 0.2) is 76.2 Å². The first-order chi connectivity index (χ1) is 31.0. The molecule has 0 N–H and O–H groups in total. The molecule has 1 aromatic carbocycles. The van der Waals surface area contributed by atoms with E-state index in [0.717, 1.165) is 56.8 Å². The van der Waals surface area contributed by atoms with Crippen molar-refractivity contribution in [3.63, 3.8) is 0 Å². The SMILES string of the molecule is CC(C)(C)CCN1CCCC1=O.CC(C)(C)OCC(C)(C)OCc1ccccc1.CC(C)(C)OCC1CN(C(=O)OC(C)(C)C)C1.CC(C)(C)OCc1ccco1.CC(C)(C)OCc1ccoc1. The molecular weight excluding hydrogens is 861 g/mol. The number of likely N-dealkylation sites (tertiary alicyclic amines) is 2. The number of amides is 2. The predicted octanol–water partition coefficient (Wildman–Crippen LogP) is 13.7. The van der Waals surface area contributed by atoms with Gasteiger partial charge in [0.1, 0.15) is 18.0 Å². The van der Waals surface area contributed by atoms with Crippen molar-refractivity contribution < 1.29 is 46.8 Å². The van der Waals surface area contributed by atoms with E-state index >= 15 is 0 Å². The highest BCUT2D eigenvalue weighted by Crippen LogP contribution is 2.23. The summed E-state index contributed by atoms with van der Waals surface area (Å²) in [5, 5.41) is 0. The zero-order chi connectivity index (χ0) is 52.0. The Labute approximate surface area is 413 Å². The minimum atomic E-state index is -0.413. The molecular formula is C56H96N2O10. The number of ether oxygens (including phenoxy) is 6. The topological polar surface area (TPSA) is 122 Å². The van der Waals surface area contributed by atoms with Crippen LogP contribution in [0.4, 0.5) is 4.79 Å². The molecule has 2 aliphatic rings. The smallest absolute Gasteiger partial charge is 0.410 e. The van der Waals surface area contributed by atoms with E-state index in [2.05, 4.69) is 67.5 Å². The molecule has 390 valence electrons. The van der Waals surface area contributed by atoms with Crippen molar-refractivity contribution in [2.24, 2.45) is 11.3 Å². The highest BCUT2D eigenvalue weighted by molar-refractivity contribution is 5.78. The van der Waals surface area contributed by atoms with Crippen LogP contribution in [0.2, 0.25) is 0 Å². The molecule has 0 unspecified atom stereocenters. The van der Waals surface area contributed by atoms with Gasteiger partial charge in [0.05, 0.1) is 73.2 Å². The molecule has 2 aromatic heterocycles. The number of hydrogen-bond donors (Lipinski definition) is 0. The summed E-state index contributed by atoms with van der Waals surface area (Å²) in [4.78, 5) is 26.6. The summed E-state index contributed by atoms with van der Waals surface area (Å²) in [5.41, 5.74) is 1.57. The van der Waals surface area contributed by atoms with E-state index < -0.39 is 5.60 Å². The quantitative estimate of drug-likeness (QED) is 0.164. The van der Waals surface area contributed by atoms with Crippen molar-refractivity contribution in [1.29, 1.82) is 0 Å². The number of benzene rings is 1. The second-order valence-corrected chi connectivity index (χ2v) is 24.4. The van der Waals surface area contributed by atoms with Crippen molar-refractivity contribution in [3.8, 4) is 0 Å². The third-order valence-corrected chi connectivity index (χ3v) is 9.47. The molecule has 4 heterocycles. The largest absolute Gasteiger partial charge is 0.472 e. The van der Waals surface area contributed by atoms with Crippen LogP contribution in [0.1, 0.15) is 175 Å². The highest BCUT2D eigenvalue weighted by Gasteiger charge is 2.34. The average molecular weight is 957 g/mol. The first-order valence-electron chi connectivity index (χ1n) is 24.5. The van der Waals surface area contributed by atoms with Gasteiger partial charge in [-0.15, -0.1) is 0 Å². The zero-order valence-corrected chi connectivity index (χ0v) is 46.4. The molecule has 0 bridgehead atoms. The van der Waals surface area contributed by atoms with Crippen LogP contribution < -0.4 is 0 Å². The Hall–Kier alpha value is -3.68. The van der Waals surface area contributed by atoms with Crippen LogP contribution in [0.25, 0.3) is 0 Å². The zero-order valence-electron chi connectivity index (χ0n) is 46.4. The number of hydrogen-bond acceptors (Lipinski definition) is 10. The summed E-state index contributed by atoms with van der Waals surface area (Å²) < 4.78 is 43.6. The molecule has 12 nitrogen and oxygen atoms in total. The van der Waals surface area contributed by atoms with Gasteiger partial charge in [0.2, 0.25) is 5.91 Å². The van der Waals surface area contributed by atoms with Crippen molar-refractivity contribution in [2.45, 2.75) is 211 Å². The van der Waals surface area contributed by atoms with Gasteiger partial charge >= 0.3 is 6.09 Å². The first kappa shape index (κ1) is 62.3. The second-order valence-electron chi connectivity index (χ2n) is 24.4. The number of carbonyl (C=O) groups excluding carboxylic acids is 2. The van der Waals surface area contributed by atoms with Gasteiger partial charge in [-0.2, -0.15) is 0 Å². The van der Waals surface area contributed by atoms with E-state index in [0.29, 0.717) is 50.3 Å². The molecule has 2 amide bonds. The summed E-state index contributed by atoms with van der Waals surface area (Å²) in [6.45, 7) is 47.4. The highest BCUT2D eigenvalue weighted by atomic mass is 16.6. The van der Waals surface area contributed by atoms with E-state index in [9.17, 15) is 9.59 Å². The van der Waals surface area contributed by atoms with Crippen molar-refractivity contribution in [2.75, 3.05) is 39.4 Å². The van der Waals surface area contributed by atoms with Gasteiger partial charge in [0.15, 0.2) is 0 Å². The Morgan fingerprint density at radius 3 is 1.63 bits per heavy atom. The van der Waals surface area contributed by atoms with Crippen LogP contribution in [0.3, 0.4) is 0 Å². The molecule has 0 saturated carbocycles. The molecule has 0 atom stereocenters. The van der Waals surface area contributed by atoms with E-state index in [1.54, 1.807) is 23.7 Å². The van der Waals surface area contributed by atoms with Crippen LogP contribution in [-0.2, 0) is 53.0 Å². The summed E-state index contributed by atoms with van der Waals surface area (Å²) in [7, 11) is 0. The van der Waals surface area contributed by atoms with E-state index in [-0.39, 0.29) is 34.1 Å². The van der Waals surface area contributed by atoms with Gasteiger partial charge < -0.3 is 47.1 Å². The molecule has 2 fully saturated rings. The van der Waals surface area contributed by atoms with Gasteiger partial charge in [-0.1, -0.05) is 51.1 Å². The van der Waals surface area contributed by atoms with Crippen LogP contribution in [0.5, 0.6) is 0 Å². The molecule has 0 radical (unpaired) electrons. The molecule has 0 aliphatic carbocycles. The number of rotatable bonds is 13. The molecule has 2 saturated heterocycles. The summed E-state index contributed by atoms with van der Waals surface area (Å²) in [6, 6.07) is 15.9. The summed E-state index contributed by atoms with van der Waals surface area (Å²) in [6.07, 6.45) is 7.73. The minimum absolute atomic E-state index is 0.0722. The van der Waals surface area contributed by atoms with Gasteiger partial charge in [-0.05, 0) is 160 Å². The Bertz CT molecular complexity index is 1710. The molecule has 12 heteroatoms. The maximum Gasteiger partial charge on any atom is 0.410 e. The monoisotopic (exact) mass is 957 g/mol. The lowest BCUT2D eigenvalue weighted by Crippen LogP contribution is -2.53. The van der Waals surface area contributed by atoms with Crippen molar-refractivity contribution in [1.82, 2.24) is 9.80 Å². The third kappa shape index (κ3) is 34.6. The van der Waals surface area contributed by atoms with Crippen LogP contribution in [-0.4, -0.2) is 94.8 Å². The Morgan fingerprint density at radius 1 is 0.618 bits per heavy atom. The van der Waals surface area contributed by atoms with E-state index in [1.165, 1.54) is 5.56 Å². The van der Waals surface area contributed by atoms with Gasteiger partial charge in [-0.3, -0.25) is 4.79 Å². The van der Waals surface area contributed by atoms with Gasteiger partial charge in [0.25, 0.3) is 0 Å². The van der Waals surface area contributed by atoms with Crippen LogP contribution in [0, 0.1) is 11.3 Å². The molecule has 3 aromatic rings. The predicted molar refractivity (Wildman–Crippen MR) is 274 cm³/mol. The van der Waals surface area contributed by atoms with Crippen molar-refractivity contribution in [3.05, 3.63) is 84.2 Å². The standard InChI is InChI=1S/C15H24O2.C13H25NO3.C10H19NO.2C9H14O2/c1-14(2,3)17-12-15(4,5)16-11-13-9-7-6-8-10-13;1-12(2,3)16-9-10-7-14(8-10)11(15)17-13(4,5)6;1-10(2,3)6-8-11-7-4-5-9(11)12;1-9(2,3)11-7-8-4-5-10-6-8;1-9(2,3)11-7-8-5-4-6-10-8/h6-10H,11-12H2,1-5H3;10H,7-9H2,1-6H3;4-8H2,1-3H3;2*4-6H,7H2,1-3H3. The molecule has 0 spiro atoms. The van der Waals surface area contributed by atoms with Gasteiger partial charge in [0, 0.05) is 44.1 Å². The minimum Gasteiger partial charge on any atom is -0.472 e. The third-order valence-electron chi connectivity index (χ3n) is 9.47.